The average Bonchev–Trinajstić information content (AvgIpc) is 2.45. The van der Waals surface area contributed by atoms with Gasteiger partial charge in [0.1, 0.15) is 0 Å². The lowest BCUT2D eigenvalue weighted by Gasteiger charge is -2.17. The predicted molar refractivity (Wildman–Crippen MR) is 83.4 cm³/mol. The summed E-state index contributed by atoms with van der Waals surface area (Å²) in [5.74, 6) is -0.680. The molecule has 0 saturated heterocycles. The number of hydrogen-bond acceptors (Lipinski definition) is 4. The molecule has 7 heteroatoms. The van der Waals surface area contributed by atoms with Crippen LogP contribution in [0.4, 0.5) is 0 Å². The van der Waals surface area contributed by atoms with Crippen LogP contribution in [0.15, 0.2) is 35.2 Å². The molecule has 1 aromatic rings. The van der Waals surface area contributed by atoms with Crippen LogP contribution in [0.2, 0.25) is 0 Å². The van der Waals surface area contributed by atoms with Gasteiger partial charge in [0.2, 0.25) is 11.8 Å². The summed E-state index contributed by atoms with van der Waals surface area (Å²) in [6, 6.07) is 7.61. The summed E-state index contributed by atoms with van der Waals surface area (Å²) < 4.78 is 25.8. The van der Waals surface area contributed by atoms with Gasteiger partial charge >= 0.3 is 0 Å². The van der Waals surface area contributed by atoms with E-state index in [9.17, 15) is 18.0 Å². The van der Waals surface area contributed by atoms with Crippen LogP contribution in [0.25, 0.3) is 0 Å². The normalized spacial score (nSPS) is 12.7. The molecule has 1 aromatic carbocycles. The van der Waals surface area contributed by atoms with Crippen molar-refractivity contribution < 1.29 is 18.0 Å². The third-order valence-corrected chi connectivity index (χ3v) is 4.66. The number of carbonyl (C=O) groups is 2. The van der Waals surface area contributed by atoms with E-state index in [-0.39, 0.29) is 35.6 Å². The fourth-order valence-electron chi connectivity index (χ4n) is 1.58. The smallest absolute Gasteiger partial charge is 0.264 e. The Morgan fingerprint density at radius 1 is 1.00 bits per heavy atom. The van der Waals surface area contributed by atoms with E-state index < -0.39 is 15.9 Å². The topological polar surface area (TPSA) is 92.3 Å². The van der Waals surface area contributed by atoms with Crippen molar-refractivity contribution in [2.45, 2.75) is 44.6 Å². The summed E-state index contributed by atoms with van der Waals surface area (Å²) in [4.78, 5) is 23.4. The lowest BCUT2D eigenvalue weighted by atomic mass is 10.1. The Hall–Kier alpha value is -1.89. The molecule has 0 aliphatic heterocycles. The minimum atomic E-state index is -3.88. The SMILES string of the molecule is CC(C)[C@@H](C)NC(=O)CCC(=O)NS(=O)(=O)c1ccccc1. The van der Waals surface area contributed by atoms with E-state index in [4.69, 9.17) is 0 Å². The zero-order chi connectivity index (χ0) is 16.8. The highest BCUT2D eigenvalue weighted by Crippen LogP contribution is 2.07. The first-order valence-corrected chi connectivity index (χ1v) is 8.60. The van der Waals surface area contributed by atoms with Crippen molar-refractivity contribution in [1.29, 1.82) is 0 Å². The quantitative estimate of drug-likeness (QED) is 0.793. The first-order valence-electron chi connectivity index (χ1n) is 7.12. The molecule has 0 fully saturated rings. The van der Waals surface area contributed by atoms with E-state index in [0.29, 0.717) is 0 Å². The van der Waals surface area contributed by atoms with E-state index in [2.05, 4.69) is 5.32 Å². The van der Waals surface area contributed by atoms with Crippen molar-refractivity contribution in [1.82, 2.24) is 10.0 Å². The zero-order valence-electron chi connectivity index (χ0n) is 13.0. The molecule has 6 nitrogen and oxygen atoms in total. The number of amides is 2. The van der Waals surface area contributed by atoms with Gasteiger partial charge < -0.3 is 5.32 Å². The van der Waals surface area contributed by atoms with Crippen molar-refractivity contribution in [3.63, 3.8) is 0 Å². The minimum Gasteiger partial charge on any atom is -0.353 e. The van der Waals surface area contributed by atoms with Gasteiger partial charge in [-0.2, -0.15) is 0 Å². The van der Waals surface area contributed by atoms with E-state index in [0.717, 1.165) is 0 Å². The molecule has 0 spiro atoms. The average molecular weight is 326 g/mol. The summed E-state index contributed by atoms with van der Waals surface area (Å²) in [7, 11) is -3.88. The number of carbonyl (C=O) groups excluding carboxylic acids is 2. The van der Waals surface area contributed by atoms with Crippen LogP contribution >= 0.6 is 0 Å². The fraction of sp³-hybridized carbons (Fsp3) is 0.467. The van der Waals surface area contributed by atoms with Gasteiger partial charge in [0, 0.05) is 18.9 Å². The molecule has 1 rings (SSSR count). The highest BCUT2D eigenvalue weighted by molar-refractivity contribution is 7.90. The Balaban J connectivity index is 2.49. The zero-order valence-corrected chi connectivity index (χ0v) is 13.8. The van der Waals surface area contributed by atoms with Crippen LogP contribution in [-0.4, -0.2) is 26.3 Å². The molecule has 0 heterocycles. The highest BCUT2D eigenvalue weighted by Gasteiger charge is 2.18. The molecule has 0 aromatic heterocycles. The van der Waals surface area contributed by atoms with E-state index in [1.54, 1.807) is 18.2 Å². The highest BCUT2D eigenvalue weighted by atomic mass is 32.2. The lowest BCUT2D eigenvalue weighted by Crippen LogP contribution is -2.37. The van der Waals surface area contributed by atoms with Crippen LogP contribution in [0.3, 0.4) is 0 Å². The number of benzene rings is 1. The van der Waals surface area contributed by atoms with Gasteiger partial charge in [0.25, 0.3) is 10.0 Å². The third-order valence-electron chi connectivity index (χ3n) is 3.27. The molecule has 22 heavy (non-hydrogen) atoms. The van der Waals surface area contributed by atoms with Crippen LogP contribution in [-0.2, 0) is 19.6 Å². The van der Waals surface area contributed by atoms with E-state index in [1.165, 1.54) is 12.1 Å². The summed E-state index contributed by atoms with van der Waals surface area (Å²) >= 11 is 0. The first kappa shape index (κ1) is 18.2. The van der Waals surface area contributed by atoms with Gasteiger partial charge in [0.05, 0.1) is 4.90 Å². The summed E-state index contributed by atoms with van der Waals surface area (Å²) in [5, 5.41) is 2.76. The Morgan fingerprint density at radius 2 is 1.55 bits per heavy atom. The maximum absolute atomic E-state index is 11.9. The maximum atomic E-state index is 11.9. The second-order valence-corrected chi connectivity index (χ2v) is 7.12. The molecule has 1 atom stereocenters. The molecule has 122 valence electrons. The number of sulfonamides is 1. The van der Waals surface area contributed by atoms with Crippen LogP contribution in [0.1, 0.15) is 33.6 Å². The van der Waals surface area contributed by atoms with Gasteiger partial charge in [-0.3, -0.25) is 9.59 Å². The van der Waals surface area contributed by atoms with E-state index >= 15 is 0 Å². The number of hydrogen-bond donors (Lipinski definition) is 2. The molecule has 2 N–H and O–H groups in total. The Labute approximate surface area is 131 Å². The molecule has 0 aliphatic carbocycles. The minimum absolute atomic E-state index is 0.00335. The largest absolute Gasteiger partial charge is 0.353 e. The molecule has 0 radical (unpaired) electrons. The number of nitrogens with one attached hydrogen (secondary N) is 2. The van der Waals surface area contributed by atoms with Crippen LogP contribution < -0.4 is 10.0 Å². The first-order chi connectivity index (χ1) is 10.2. The van der Waals surface area contributed by atoms with Gasteiger partial charge in [-0.05, 0) is 25.0 Å². The fourth-order valence-corrected chi connectivity index (χ4v) is 2.61. The van der Waals surface area contributed by atoms with Crippen molar-refractivity contribution in [2.24, 2.45) is 5.92 Å². The van der Waals surface area contributed by atoms with Gasteiger partial charge in [0.15, 0.2) is 0 Å². The van der Waals surface area contributed by atoms with Crippen molar-refractivity contribution >= 4 is 21.8 Å². The summed E-state index contributed by atoms with van der Waals surface area (Å²) in [6.45, 7) is 5.83. The summed E-state index contributed by atoms with van der Waals surface area (Å²) in [6.07, 6.45) is -0.226. The van der Waals surface area contributed by atoms with Gasteiger partial charge in [-0.25, -0.2) is 13.1 Å². The second kappa shape index (κ2) is 7.93. The van der Waals surface area contributed by atoms with Crippen molar-refractivity contribution in [3.05, 3.63) is 30.3 Å². The molecule has 0 saturated carbocycles. The van der Waals surface area contributed by atoms with Gasteiger partial charge in [-0.15, -0.1) is 0 Å². The maximum Gasteiger partial charge on any atom is 0.264 e. The predicted octanol–water partition coefficient (Wildman–Crippen LogP) is 1.43. The van der Waals surface area contributed by atoms with E-state index in [1.807, 2.05) is 25.5 Å². The Bertz CT molecular complexity index is 612. The van der Waals surface area contributed by atoms with Gasteiger partial charge in [-0.1, -0.05) is 32.0 Å². The van der Waals surface area contributed by atoms with Crippen LogP contribution in [0, 0.1) is 5.92 Å². The monoisotopic (exact) mass is 326 g/mol. The van der Waals surface area contributed by atoms with Crippen molar-refractivity contribution in [3.8, 4) is 0 Å². The molecular formula is C15H22N2O4S. The molecular weight excluding hydrogens is 304 g/mol. The Kier molecular flexibility index (Phi) is 6.55. The number of rotatable bonds is 7. The van der Waals surface area contributed by atoms with Crippen LogP contribution in [0.5, 0.6) is 0 Å². The Morgan fingerprint density at radius 3 is 2.09 bits per heavy atom. The molecule has 0 bridgehead atoms. The molecule has 0 aliphatic rings. The van der Waals surface area contributed by atoms with Crippen molar-refractivity contribution in [2.75, 3.05) is 0 Å². The third kappa shape index (κ3) is 5.85. The standard InChI is InChI=1S/C15H22N2O4S/c1-11(2)12(3)16-14(18)9-10-15(19)17-22(20,21)13-7-5-4-6-8-13/h4-8,11-12H,9-10H2,1-3H3,(H,16,18)(H,17,19)/t12-/m1/s1. The molecule has 0 unspecified atom stereocenters. The second-order valence-electron chi connectivity index (χ2n) is 5.44. The summed E-state index contributed by atoms with van der Waals surface area (Å²) in [5.41, 5.74) is 0. The lowest BCUT2D eigenvalue weighted by molar-refractivity contribution is -0.126. The molecule has 2 amide bonds.